The molecule has 4 heteroatoms. The molecule has 3 aromatic carbocycles. The number of benzene rings is 3. The molecule has 3 aliphatic rings. The molecule has 0 aromatic heterocycles. The molecule has 2 aliphatic carbocycles. The van der Waals surface area contributed by atoms with Gasteiger partial charge in [0.15, 0.2) is 0 Å². The molecule has 31 heavy (non-hydrogen) atoms. The quantitative estimate of drug-likeness (QED) is 0.600. The van der Waals surface area contributed by atoms with Crippen LogP contribution in [0.15, 0.2) is 76.0 Å². The molecule has 0 unspecified atom stereocenters. The number of nitrogens with zero attached hydrogens (tertiary/aromatic N) is 1. The van der Waals surface area contributed by atoms with Crippen molar-refractivity contribution in [3.8, 4) is 0 Å². The van der Waals surface area contributed by atoms with Crippen LogP contribution in [0, 0.1) is 10.4 Å². The van der Waals surface area contributed by atoms with Crippen LogP contribution >= 0.6 is 0 Å². The minimum Gasteiger partial charge on any atom is -0.199 e. The van der Waals surface area contributed by atoms with Gasteiger partial charge in [-0.15, -0.1) is 0 Å². The summed E-state index contributed by atoms with van der Waals surface area (Å²) >= 11 is 0. The standard InChI is InChI=1S/C27H21NO2S/c29-31(30)27-11-4-2-7-19(27)13-17-26(28-31)25-10-5-9-21-23-14-12-18-6-1-3-8-20(18)22(23)15-16-24(21)25/h1-4,6-8,11-13,15-17H,5,9-10,14H2. The van der Waals surface area contributed by atoms with Crippen LogP contribution in [0.4, 0.5) is 0 Å². The predicted octanol–water partition coefficient (Wildman–Crippen LogP) is 3.65. The fourth-order valence-electron chi connectivity index (χ4n) is 5.11. The van der Waals surface area contributed by atoms with E-state index in [9.17, 15) is 8.42 Å². The van der Waals surface area contributed by atoms with Crippen molar-refractivity contribution in [3.05, 3.63) is 104 Å². The third-order valence-corrected chi connectivity index (χ3v) is 7.90. The van der Waals surface area contributed by atoms with Crippen molar-refractivity contribution >= 4 is 33.5 Å². The third kappa shape index (κ3) is 2.94. The highest BCUT2D eigenvalue weighted by molar-refractivity contribution is 7.90. The van der Waals surface area contributed by atoms with Gasteiger partial charge in [-0.2, -0.15) is 12.8 Å². The normalized spacial score (nSPS) is 17.9. The fourth-order valence-corrected chi connectivity index (χ4v) is 6.32. The Morgan fingerprint density at radius 1 is 0.742 bits per heavy atom. The smallest absolute Gasteiger partial charge is 0.199 e. The maximum Gasteiger partial charge on any atom is 0.283 e. The molecular formula is C27H21NO2S. The Hall–Kier alpha value is -3.24. The van der Waals surface area contributed by atoms with E-state index in [4.69, 9.17) is 0 Å². The molecule has 0 N–H and O–H groups in total. The van der Waals surface area contributed by atoms with Crippen LogP contribution in [0.5, 0.6) is 0 Å². The van der Waals surface area contributed by atoms with Crippen LogP contribution in [-0.2, 0) is 22.9 Å². The first kappa shape index (κ1) is 18.5. The van der Waals surface area contributed by atoms with Gasteiger partial charge >= 0.3 is 0 Å². The van der Waals surface area contributed by atoms with E-state index >= 15 is 0 Å². The van der Waals surface area contributed by atoms with Crippen LogP contribution in [-0.4, -0.2) is 14.1 Å². The summed E-state index contributed by atoms with van der Waals surface area (Å²) in [6.07, 6.45) is 9.81. The van der Waals surface area contributed by atoms with E-state index in [0.717, 1.165) is 36.5 Å². The van der Waals surface area contributed by atoms with Gasteiger partial charge in [0.1, 0.15) is 0 Å². The number of hydrogen-bond acceptors (Lipinski definition) is 2. The van der Waals surface area contributed by atoms with Crippen LogP contribution in [0.3, 0.4) is 0 Å². The van der Waals surface area contributed by atoms with E-state index < -0.39 is 10.0 Å². The van der Waals surface area contributed by atoms with Crippen molar-refractivity contribution in [1.82, 2.24) is 0 Å². The first-order chi connectivity index (χ1) is 15.1. The summed E-state index contributed by atoms with van der Waals surface area (Å²) in [5.74, 6) is 0. The van der Waals surface area contributed by atoms with E-state index in [-0.39, 0.29) is 4.90 Å². The number of rotatable bonds is 1. The van der Waals surface area contributed by atoms with Crippen molar-refractivity contribution in [1.29, 1.82) is 0 Å². The van der Waals surface area contributed by atoms with Crippen molar-refractivity contribution in [2.24, 2.45) is 4.40 Å². The summed E-state index contributed by atoms with van der Waals surface area (Å²) in [5.41, 5.74) is 5.01. The predicted molar refractivity (Wildman–Crippen MR) is 124 cm³/mol. The largest absolute Gasteiger partial charge is 0.283 e. The van der Waals surface area contributed by atoms with E-state index in [1.165, 1.54) is 26.8 Å². The number of fused-ring (bicyclic) bond motifs is 5. The lowest BCUT2D eigenvalue weighted by molar-refractivity contribution is 0.598. The molecule has 0 atom stereocenters. The van der Waals surface area contributed by atoms with Crippen molar-refractivity contribution in [3.63, 3.8) is 0 Å². The zero-order valence-corrected chi connectivity index (χ0v) is 17.8. The maximum absolute atomic E-state index is 13.0. The molecule has 0 bridgehead atoms. The van der Waals surface area contributed by atoms with E-state index in [1.54, 1.807) is 12.1 Å². The molecule has 6 rings (SSSR count). The van der Waals surface area contributed by atoms with Crippen LogP contribution < -0.4 is 10.4 Å². The van der Waals surface area contributed by atoms with Gasteiger partial charge in [0, 0.05) is 0 Å². The molecule has 0 fully saturated rings. The molecule has 0 saturated carbocycles. The Morgan fingerprint density at radius 2 is 1.55 bits per heavy atom. The van der Waals surface area contributed by atoms with E-state index in [0.29, 0.717) is 11.3 Å². The number of sulfonamides is 1. The van der Waals surface area contributed by atoms with Crippen molar-refractivity contribution in [2.45, 2.75) is 30.6 Å². The highest BCUT2D eigenvalue weighted by atomic mass is 32.2. The Bertz CT molecular complexity index is 1640. The monoisotopic (exact) mass is 423 g/mol. The maximum atomic E-state index is 13.0. The van der Waals surface area contributed by atoms with Gasteiger partial charge in [0.05, 0.1) is 10.6 Å². The van der Waals surface area contributed by atoms with Crippen LogP contribution in [0.2, 0.25) is 0 Å². The molecular weight excluding hydrogens is 402 g/mol. The first-order valence-electron chi connectivity index (χ1n) is 10.7. The van der Waals surface area contributed by atoms with Gasteiger partial charge < -0.3 is 0 Å². The molecule has 1 heterocycles. The highest BCUT2D eigenvalue weighted by Gasteiger charge is 2.23. The number of allylic oxidation sites excluding steroid dienone is 1. The highest BCUT2D eigenvalue weighted by Crippen LogP contribution is 2.27. The molecule has 3 aromatic rings. The summed E-state index contributed by atoms with van der Waals surface area (Å²) in [6.45, 7) is 0. The SMILES string of the molecule is O=S1(=O)N=C(C2=c3ccc4c(c3CCC2)CC=c2ccccc2=4)C=Cc2ccccc21. The van der Waals surface area contributed by atoms with Gasteiger partial charge in [0.25, 0.3) is 10.0 Å². The second kappa shape index (κ2) is 6.89. The summed E-state index contributed by atoms with van der Waals surface area (Å²) in [5, 5.41) is 5.03. The molecule has 3 nitrogen and oxygen atoms in total. The van der Waals surface area contributed by atoms with E-state index in [2.05, 4.69) is 46.9 Å². The average Bonchev–Trinajstić information content (AvgIpc) is 2.94. The molecule has 1 aliphatic heterocycles. The molecule has 0 amide bonds. The van der Waals surface area contributed by atoms with Gasteiger partial charge in [-0.3, -0.25) is 0 Å². The lowest BCUT2D eigenvalue weighted by Crippen LogP contribution is -2.25. The molecule has 0 radical (unpaired) electrons. The summed E-state index contributed by atoms with van der Waals surface area (Å²) in [7, 11) is -3.74. The zero-order chi connectivity index (χ0) is 21.0. The lowest BCUT2D eigenvalue weighted by atomic mass is 9.84. The summed E-state index contributed by atoms with van der Waals surface area (Å²) in [4.78, 5) is 0.273. The van der Waals surface area contributed by atoms with Gasteiger partial charge in [-0.25, -0.2) is 0 Å². The Kier molecular flexibility index (Phi) is 4.12. The lowest BCUT2D eigenvalue weighted by Gasteiger charge is -2.20. The van der Waals surface area contributed by atoms with Gasteiger partial charge in [0.2, 0.25) is 0 Å². The van der Waals surface area contributed by atoms with Crippen LogP contribution in [0.1, 0.15) is 29.5 Å². The molecule has 0 saturated heterocycles. The van der Waals surface area contributed by atoms with Crippen LogP contribution in [0.25, 0.3) is 17.7 Å². The second-order valence-corrected chi connectivity index (χ2v) is 9.84. The van der Waals surface area contributed by atoms with Crippen molar-refractivity contribution < 1.29 is 8.42 Å². The topological polar surface area (TPSA) is 46.5 Å². The minimum atomic E-state index is -3.74. The molecule has 0 spiro atoms. The van der Waals surface area contributed by atoms with Gasteiger partial charge in [-0.1, -0.05) is 66.7 Å². The van der Waals surface area contributed by atoms with Gasteiger partial charge in [-0.05, 0) is 81.0 Å². The second-order valence-electron chi connectivity index (χ2n) is 8.27. The Balaban J connectivity index is 1.64. The Morgan fingerprint density at radius 3 is 2.48 bits per heavy atom. The minimum absolute atomic E-state index is 0.273. The summed E-state index contributed by atoms with van der Waals surface area (Å²) in [6, 6.07) is 20.0. The van der Waals surface area contributed by atoms with Crippen molar-refractivity contribution in [2.75, 3.05) is 0 Å². The fraction of sp³-hybridized carbons (Fsp3) is 0.148. The third-order valence-electron chi connectivity index (χ3n) is 6.53. The summed E-state index contributed by atoms with van der Waals surface area (Å²) < 4.78 is 30.2. The zero-order valence-electron chi connectivity index (χ0n) is 17.0. The first-order valence-corrected chi connectivity index (χ1v) is 12.1. The number of hydrogen-bond donors (Lipinski definition) is 0. The average molecular weight is 424 g/mol. The Labute approximate surface area is 181 Å². The van der Waals surface area contributed by atoms with E-state index in [1.807, 2.05) is 24.3 Å². The molecule has 152 valence electrons.